The van der Waals surface area contributed by atoms with Gasteiger partial charge in [0.1, 0.15) is 0 Å². The average Bonchev–Trinajstić information content (AvgIpc) is 2.69. The number of benzene rings is 2. The van der Waals surface area contributed by atoms with Crippen LogP contribution in [0.5, 0.6) is 0 Å². The van der Waals surface area contributed by atoms with Crippen molar-refractivity contribution in [3.05, 3.63) is 60.2 Å². The maximum atomic E-state index is 12.5. The molecular formula is C20H25N3O4S. The molecule has 2 aromatic rings. The lowest BCUT2D eigenvalue weighted by Gasteiger charge is -2.18. The number of carbonyl (C=O) groups is 2. The lowest BCUT2D eigenvalue weighted by molar-refractivity contribution is -0.136. The van der Waals surface area contributed by atoms with Gasteiger partial charge in [-0.3, -0.25) is 9.59 Å². The Kier molecular flexibility index (Phi) is 7.71. The molecule has 0 saturated heterocycles. The van der Waals surface area contributed by atoms with Gasteiger partial charge in [0.15, 0.2) is 0 Å². The topological polar surface area (TPSA) is 95.6 Å². The van der Waals surface area contributed by atoms with E-state index < -0.39 is 21.8 Å². The zero-order chi connectivity index (χ0) is 20.6. The molecule has 0 saturated carbocycles. The lowest BCUT2D eigenvalue weighted by atomic mass is 10.1. The summed E-state index contributed by atoms with van der Waals surface area (Å²) in [5.41, 5.74) is 1.41. The molecule has 0 heterocycles. The molecule has 0 unspecified atom stereocenters. The minimum absolute atomic E-state index is 0.242. The summed E-state index contributed by atoms with van der Waals surface area (Å²) in [4.78, 5) is 23.9. The monoisotopic (exact) mass is 403 g/mol. The van der Waals surface area contributed by atoms with Crippen LogP contribution >= 0.6 is 0 Å². The molecule has 8 heteroatoms. The highest BCUT2D eigenvalue weighted by atomic mass is 32.2. The van der Waals surface area contributed by atoms with Crippen molar-refractivity contribution >= 4 is 27.5 Å². The van der Waals surface area contributed by atoms with Gasteiger partial charge in [-0.05, 0) is 36.2 Å². The predicted octanol–water partition coefficient (Wildman–Crippen LogP) is 2.01. The van der Waals surface area contributed by atoms with E-state index in [2.05, 4.69) is 10.6 Å². The number of nitrogens with zero attached hydrogens (tertiary/aromatic N) is 1. The molecule has 7 nitrogen and oxygen atoms in total. The van der Waals surface area contributed by atoms with Gasteiger partial charge in [0.25, 0.3) is 0 Å². The SMILES string of the molecule is CCN(CC)S(=O)(=O)c1ccc(CCNC(=O)C(=O)Nc2ccccc2)cc1. The zero-order valence-corrected chi connectivity index (χ0v) is 16.8. The Morgan fingerprint density at radius 2 is 1.50 bits per heavy atom. The second-order valence-corrected chi connectivity index (χ2v) is 8.00. The van der Waals surface area contributed by atoms with Crippen molar-refractivity contribution in [3.63, 3.8) is 0 Å². The largest absolute Gasteiger partial charge is 0.347 e. The van der Waals surface area contributed by atoms with Crippen molar-refractivity contribution in [2.24, 2.45) is 0 Å². The summed E-state index contributed by atoms with van der Waals surface area (Å²) < 4.78 is 26.3. The van der Waals surface area contributed by atoms with Crippen LogP contribution in [0.2, 0.25) is 0 Å². The van der Waals surface area contributed by atoms with Crippen molar-refractivity contribution in [3.8, 4) is 0 Å². The molecule has 0 radical (unpaired) electrons. The van der Waals surface area contributed by atoms with E-state index >= 15 is 0 Å². The minimum Gasteiger partial charge on any atom is -0.347 e. The molecule has 28 heavy (non-hydrogen) atoms. The van der Waals surface area contributed by atoms with Crippen LogP contribution in [0.4, 0.5) is 5.69 Å². The van der Waals surface area contributed by atoms with Crippen LogP contribution < -0.4 is 10.6 Å². The molecule has 0 fully saturated rings. The molecule has 0 aliphatic carbocycles. The van der Waals surface area contributed by atoms with Crippen molar-refractivity contribution in [1.82, 2.24) is 9.62 Å². The Morgan fingerprint density at radius 1 is 0.893 bits per heavy atom. The third-order valence-corrected chi connectivity index (χ3v) is 6.27. The van der Waals surface area contributed by atoms with E-state index in [4.69, 9.17) is 0 Å². The fraction of sp³-hybridized carbons (Fsp3) is 0.300. The van der Waals surface area contributed by atoms with Gasteiger partial charge in [-0.2, -0.15) is 4.31 Å². The number of para-hydroxylation sites is 1. The summed E-state index contributed by atoms with van der Waals surface area (Å²) in [5, 5.41) is 5.07. The first-order valence-electron chi connectivity index (χ1n) is 9.11. The number of hydrogen-bond donors (Lipinski definition) is 2. The normalized spacial score (nSPS) is 11.2. The fourth-order valence-corrected chi connectivity index (χ4v) is 4.11. The van der Waals surface area contributed by atoms with E-state index in [0.29, 0.717) is 25.2 Å². The van der Waals surface area contributed by atoms with Gasteiger partial charge < -0.3 is 10.6 Å². The third-order valence-electron chi connectivity index (χ3n) is 4.20. The molecule has 2 aromatic carbocycles. The molecule has 2 amide bonds. The molecule has 0 aromatic heterocycles. The summed E-state index contributed by atoms with van der Waals surface area (Å²) in [6, 6.07) is 15.3. The molecular weight excluding hydrogens is 378 g/mol. The predicted molar refractivity (Wildman–Crippen MR) is 108 cm³/mol. The van der Waals surface area contributed by atoms with Crippen molar-refractivity contribution in [2.75, 3.05) is 25.0 Å². The highest BCUT2D eigenvalue weighted by Crippen LogP contribution is 2.16. The fourth-order valence-electron chi connectivity index (χ4n) is 2.65. The molecule has 2 rings (SSSR count). The number of amides is 2. The molecule has 0 spiro atoms. The van der Waals surface area contributed by atoms with Gasteiger partial charge >= 0.3 is 11.8 Å². The molecule has 0 atom stereocenters. The number of nitrogens with one attached hydrogen (secondary N) is 2. The molecule has 2 N–H and O–H groups in total. The second-order valence-electron chi connectivity index (χ2n) is 6.06. The Morgan fingerprint density at radius 3 is 2.07 bits per heavy atom. The summed E-state index contributed by atoms with van der Waals surface area (Å²) in [5.74, 6) is -1.45. The number of hydrogen-bond acceptors (Lipinski definition) is 4. The Labute approximate surface area is 165 Å². The van der Waals surface area contributed by atoms with Crippen molar-refractivity contribution < 1.29 is 18.0 Å². The summed E-state index contributed by atoms with van der Waals surface area (Å²) in [6.45, 7) is 4.69. The summed E-state index contributed by atoms with van der Waals surface area (Å²) in [6.07, 6.45) is 0.482. The summed E-state index contributed by atoms with van der Waals surface area (Å²) >= 11 is 0. The van der Waals surface area contributed by atoms with Crippen LogP contribution in [-0.2, 0) is 26.0 Å². The molecule has 0 bridgehead atoms. The van der Waals surface area contributed by atoms with Gasteiger partial charge in [0.2, 0.25) is 10.0 Å². The van der Waals surface area contributed by atoms with E-state index in [1.807, 2.05) is 6.07 Å². The van der Waals surface area contributed by atoms with Crippen LogP contribution in [0.3, 0.4) is 0 Å². The van der Waals surface area contributed by atoms with E-state index in [1.165, 1.54) is 4.31 Å². The van der Waals surface area contributed by atoms with E-state index in [1.54, 1.807) is 62.4 Å². The quantitative estimate of drug-likeness (QED) is 0.659. The second kappa shape index (κ2) is 10.0. The highest BCUT2D eigenvalue weighted by Gasteiger charge is 2.21. The van der Waals surface area contributed by atoms with Gasteiger partial charge in [-0.1, -0.05) is 44.2 Å². The molecule has 0 aliphatic heterocycles. The van der Waals surface area contributed by atoms with Gasteiger partial charge in [0.05, 0.1) is 4.90 Å². The smallest absolute Gasteiger partial charge is 0.313 e. The van der Waals surface area contributed by atoms with Crippen LogP contribution in [-0.4, -0.2) is 44.2 Å². The summed E-state index contributed by atoms with van der Waals surface area (Å²) in [7, 11) is -3.48. The third kappa shape index (κ3) is 5.64. The number of anilines is 1. The van der Waals surface area contributed by atoms with Crippen molar-refractivity contribution in [2.45, 2.75) is 25.2 Å². The van der Waals surface area contributed by atoms with Crippen molar-refractivity contribution in [1.29, 1.82) is 0 Å². The van der Waals surface area contributed by atoms with E-state index in [9.17, 15) is 18.0 Å². The molecule has 150 valence electrons. The molecule has 0 aliphatic rings. The van der Waals surface area contributed by atoms with Crippen LogP contribution in [0.25, 0.3) is 0 Å². The Hall–Kier alpha value is -2.71. The first-order chi connectivity index (χ1) is 13.4. The van der Waals surface area contributed by atoms with Crippen LogP contribution in [0, 0.1) is 0 Å². The van der Waals surface area contributed by atoms with E-state index in [0.717, 1.165) is 5.56 Å². The lowest BCUT2D eigenvalue weighted by Crippen LogP contribution is -2.36. The van der Waals surface area contributed by atoms with Crippen LogP contribution in [0.1, 0.15) is 19.4 Å². The van der Waals surface area contributed by atoms with Crippen LogP contribution in [0.15, 0.2) is 59.5 Å². The van der Waals surface area contributed by atoms with E-state index in [-0.39, 0.29) is 11.4 Å². The highest BCUT2D eigenvalue weighted by molar-refractivity contribution is 7.89. The number of rotatable bonds is 8. The van der Waals surface area contributed by atoms with Gasteiger partial charge in [0, 0.05) is 25.3 Å². The number of carbonyl (C=O) groups excluding carboxylic acids is 2. The first kappa shape index (κ1) is 21.6. The van der Waals surface area contributed by atoms with Gasteiger partial charge in [-0.25, -0.2) is 8.42 Å². The Bertz CT molecular complexity index is 893. The zero-order valence-electron chi connectivity index (χ0n) is 16.0. The minimum atomic E-state index is -3.48. The standard InChI is InChI=1S/C20H25N3O4S/c1-3-23(4-2)28(26,27)18-12-10-16(11-13-18)14-15-21-19(24)20(25)22-17-8-6-5-7-9-17/h5-13H,3-4,14-15H2,1-2H3,(H,21,24)(H,22,25). The first-order valence-corrected chi connectivity index (χ1v) is 10.6. The maximum Gasteiger partial charge on any atom is 0.313 e. The number of sulfonamides is 1. The Balaban J connectivity index is 1.86. The maximum absolute atomic E-state index is 12.5. The van der Waals surface area contributed by atoms with Gasteiger partial charge in [-0.15, -0.1) is 0 Å². The average molecular weight is 404 g/mol.